The second-order valence-electron chi connectivity index (χ2n) is 3.59. The second kappa shape index (κ2) is 4.85. The zero-order valence-corrected chi connectivity index (χ0v) is 11.2. The SMILES string of the molecule is Nc1ccc(Nc2ccc(Br)cc2Cl)cc1N. The van der Waals surface area contributed by atoms with Crippen molar-refractivity contribution in [3.05, 3.63) is 45.9 Å². The maximum atomic E-state index is 6.10. The second-order valence-corrected chi connectivity index (χ2v) is 4.92. The van der Waals surface area contributed by atoms with Gasteiger partial charge in [0.05, 0.1) is 22.1 Å². The van der Waals surface area contributed by atoms with E-state index in [0.29, 0.717) is 16.4 Å². The standard InChI is InChI=1S/C12H11BrClN3/c13-7-1-4-12(9(14)5-7)17-8-2-3-10(15)11(16)6-8/h1-6,17H,15-16H2. The number of nitrogens with one attached hydrogen (secondary N) is 1. The number of halogens is 2. The summed E-state index contributed by atoms with van der Waals surface area (Å²) in [4.78, 5) is 0. The third-order valence-electron chi connectivity index (χ3n) is 2.30. The Balaban J connectivity index is 2.28. The fraction of sp³-hybridized carbons (Fsp3) is 0. The van der Waals surface area contributed by atoms with E-state index in [9.17, 15) is 0 Å². The lowest BCUT2D eigenvalue weighted by molar-refractivity contribution is 1.53. The van der Waals surface area contributed by atoms with E-state index in [0.717, 1.165) is 15.8 Å². The van der Waals surface area contributed by atoms with Crippen molar-refractivity contribution in [1.29, 1.82) is 0 Å². The van der Waals surface area contributed by atoms with Crippen LogP contribution >= 0.6 is 27.5 Å². The molecule has 5 heteroatoms. The maximum Gasteiger partial charge on any atom is 0.0652 e. The molecular formula is C12H11BrClN3. The first kappa shape index (κ1) is 12.1. The molecule has 2 aromatic rings. The highest BCUT2D eigenvalue weighted by Gasteiger charge is 2.02. The molecule has 88 valence electrons. The lowest BCUT2D eigenvalue weighted by atomic mass is 10.2. The molecule has 0 aliphatic rings. The van der Waals surface area contributed by atoms with Crippen LogP contribution in [0.1, 0.15) is 0 Å². The molecule has 0 atom stereocenters. The molecule has 0 saturated heterocycles. The lowest BCUT2D eigenvalue weighted by Crippen LogP contribution is -1.97. The topological polar surface area (TPSA) is 64.1 Å². The molecule has 17 heavy (non-hydrogen) atoms. The summed E-state index contributed by atoms with van der Waals surface area (Å²) in [5, 5.41) is 3.81. The molecule has 0 aliphatic heterocycles. The minimum absolute atomic E-state index is 0.545. The predicted molar refractivity (Wildman–Crippen MR) is 77.7 cm³/mol. The van der Waals surface area contributed by atoms with Crippen molar-refractivity contribution in [2.75, 3.05) is 16.8 Å². The first-order valence-electron chi connectivity index (χ1n) is 4.93. The number of nitrogen functional groups attached to an aromatic ring is 2. The smallest absolute Gasteiger partial charge is 0.0652 e. The summed E-state index contributed by atoms with van der Waals surface area (Å²) >= 11 is 9.46. The minimum atomic E-state index is 0.545. The van der Waals surface area contributed by atoms with Crippen LogP contribution in [0.25, 0.3) is 0 Å². The van der Waals surface area contributed by atoms with Crippen molar-refractivity contribution in [3.63, 3.8) is 0 Å². The summed E-state index contributed by atoms with van der Waals surface area (Å²) in [5.41, 5.74) is 14.2. The van der Waals surface area contributed by atoms with Crippen LogP contribution in [0, 0.1) is 0 Å². The van der Waals surface area contributed by atoms with Gasteiger partial charge in [-0.05, 0) is 36.4 Å². The fourth-order valence-corrected chi connectivity index (χ4v) is 2.12. The summed E-state index contributed by atoms with van der Waals surface area (Å²) in [5.74, 6) is 0. The average molecular weight is 313 g/mol. The van der Waals surface area contributed by atoms with Gasteiger partial charge in [0.1, 0.15) is 0 Å². The molecule has 5 N–H and O–H groups in total. The quantitative estimate of drug-likeness (QED) is 0.734. The van der Waals surface area contributed by atoms with Gasteiger partial charge in [-0.3, -0.25) is 0 Å². The maximum absolute atomic E-state index is 6.10. The monoisotopic (exact) mass is 311 g/mol. The van der Waals surface area contributed by atoms with Crippen LogP contribution < -0.4 is 16.8 Å². The molecular weight excluding hydrogens is 302 g/mol. The van der Waals surface area contributed by atoms with Gasteiger partial charge in [0, 0.05) is 10.2 Å². The molecule has 0 saturated carbocycles. The third-order valence-corrected chi connectivity index (χ3v) is 3.10. The first-order chi connectivity index (χ1) is 8.06. The van der Waals surface area contributed by atoms with E-state index >= 15 is 0 Å². The molecule has 0 heterocycles. The summed E-state index contributed by atoms with van der Waals surface area (Å²) in [7, 11) is 0. The molecule has 2 aromatic carbocycles. The molecule has 3 nitrogen and oxygen atoms in total. The van der Waals surface area contributed by atoms with Crippen molar-refractivity contribution in [3.8, 4) is 0 Å². The van der Waals surface area contributed by atoms with Crippen LogP contribution in [0.2, 0.25) is 5.02 Å². The molecule has 0 bridgehead atoms. The molecule has 0 aromatic heterocycles. The Morgan fingerprint density at radius 1 is 1.00 bits per heavy atom. The first-order valence-corrected chi connectivity index (χ1v) is 6.10. The molecule has 0 fully saturated rings. The zero-order valence-electron chi connectivity index (χ0n) is 8.87. The largest absolute Gasteiger partial charge is 0.397 e. The van der Waals surface area contributed by atoms with Gasteiger partial charge < -0.3 is 16.8 Å². The van der Waals surface area contributed by atoms with Crippen LogP contribution in [-0.4, -0.2) is 0 Å². The van der Waals surface area contributed by atoms with E-state index in [-0.39, 0.29) is 0 Å². The van der Waals surface area contributed by atoms with Gasteiger partial charge >= 0.3 is 0 Å². The number of anilines is 4. The predicted octanol–water partition coefficient (Wildman–Crippen LogP) is 4.01. The summed E-state index contributed by atoms with van der Waals surface area (Å²) < 4.78 is 0.935. The van der Waals surface area contributed by atoms with Crippen molar-refractivity contribution in [1.82, 2.24) is 0 Å². The zero-order chi connectivity index (χ0) is 12.4. The normalized spacial score (nSPS) is 10.2. The van der Waals surface area contributed by atoms with Gasteiger partial charge in [0.25, 0.3) is 0 Å². The number of nitrogens with two attached hydrogens (primary N) is 2. The van der Waals surface area contributed by atoms with Crippen molar-refractivity contribution < 1.29 is 0 Å². The number of hydrogen-bond acceptors (Lipinski definition) is 3. The highest BCUT2D eigenvalue weighted by molar-refractivity contribution is 9.10. The summed E-state index contributed by atoms with van der Waals surface area (Å²) in [6.07, 6.45) is 0. The summed E-state index contributed by atoms with van der Waals surface area (Å²) in [6.45, 7) is 0. The Hall–Kier alpha value is -1.39. The van der Waals surface area contributed by atoms with Gasteiger partial charge in [-0.2, -0.15) is 0 Å². The van der Waals surface area contributed by atoms with Crippen molar-refractivity contribution in [2.45, 2.75) is 0 Å². The van der Waals surface area contributed by atoms with E-state index in [1.807, 2.05) is 24.3 Å². The van der Waals surface area contributed by atoms with Crippen LogP contribution in [0.5, 0.6) is 0 Å². The highest BCUT2D eigenvalue weighted by Crippen LogP contribution is 2.29. The van der Waals surface area contributed by atoms with Crippen LogP contribution in [0.15, 0.2) is 40.9 Å². The van der Waals surface area contributed by atoms with Gasteiger partial charge in [-0.1, -0.05) is 27.5 Å². The van der Waals surface area contributed by atoms with Crippen LogP contribution in [-0.2, 0) is 0 Å². The van der Waals surface area contributed by atoms with E-state index in [4.69, 9.17) is 23.1 Å². The lowest BCUT2D eigenvalue weighted by Gasteiger charge is -2.10. The van der Waals surface area contributed by atoms with Gasteiger partial charge in [-0.15, -0.1) is 0 Å². The Morgan fingerprint density at radius 2 is 1.76 bits per heavy atom. The van der Waals surface area contributed by atoms with Crippen molar-refractivity contribution >= 4 is 50.3 Å². The Labute approximate surface area is 113 Å². The molecule has 0 unspecified atom stereocenters. The Morgan fingerprint density at radius 3 is 2.41 bits per heavy atom. The van der Waals surface area contributed by atoms with Crippen molar-refractivity contribution in [2.24, 2.45) is 0 Å². The van der Waals surface area contributed by atoms with E-state index in [1.165, 1.54) is 0 Å². The number of hydrogen-bond donors (Lipinski definition) is 3. The van der Waals surface area contributed by atoms with E-state index in [2.05, 4.69) is 21.2 Å². The van der Waals surface area contributed by atoms with E-state index in [1.54, 1.807) is 12.1 Å². The highest BCUT2D eigenvalue weighted by atomic mass is 79.9. The van der Waals surface area contributed by atoms with Gasteiger partial charge in [0.15, 0.2) is 0 Å². The van der Waals surface area contributed by atoms with Gasteiger partial charge in [0.2, 0.25) is 0 Å². The van der Waals surface area contributed by atoms with Gasteiger partial charge in [-0.25, -0.2) is 0 Å². The third kappa shape index (κ3) is 2.84. The molecule has 0 radical (unpaired) electrons. The van der Waals surface area contributed by atoms with Crippen LogP contribution in [0.3, 0.4) is 0 Å². The number of benzene rings is 2. The van der Waals surface area contributed by atoms with Crippen LogP contribution in [0.4, 0.5) is 22.7 Å². The minimum Gasteiger partial charge on any atom is -0.397 e. The Bertz CT molecular complexity index is 557. The Kier molecular flexibility index (Phi) is 3.45. The molecule has 2 rings (SSSR count). The molecule has 0 aliphatic carbocycles. The molecule has 0 spiro atoms. The fourth-order valence-electron chi connectivity index (χ4n) is 1.40. The molecule has 0 amide bonds. The summed E-state index contributed by atoms with van der Waals surface area (Å²) in [6, 6.07) is 11.0. The average Bonchev–Trinajstić information content (AvgIpc) is 2.27. The number of rotatable bonds is 2. The van der Waals surface area contributed by atoms with E-state index < -0.39 is 0 Å².